The number of aliphatic hydroxyl groups is 1. The summed E-state index contributed by atoms with van der Waals surface area (Å²) in [6, 6.07) is 12.9. The Morgan fingerprint density at radius 3 is 1.96 bits per heavy atom. The highest BCUT2D eigenvalue weighted by molar-refractivity contribution is 6.33. The van der Waals surface area contributed by atoms with Crippen LogP contribution in [0, 0.1) is 0 Å². The van der Waals surface area contributed by atoms with Crippen LogP contribution in [0.4, 0.5) is 0 Å². The highest BCUT2D eigenvalue weighted by Crippen LogP contribution is 2.33. The molecule has 1 N–H and O–H groups in total. The summed E-state index contributed by atoms with van der Waals surface area (Å²) in [7, 11) is 0. The number of hydrogen-bond acceptors (Lipinski definition) is 2. The summed E-state index contributed by atoms with van der Waals surface area (Å²) < 4.78 is 2.20. The first-order valence-electron chi connectivity index (χ1n) is 9.75. The number of likely N-dealkylation sites (tertiary alicyclic amines) is 1. The van der Waals surface area contributed by atoms with E-state index in [0.717, 1.165) is 21.8 Å². The number of halogens is 2. The van der Waals surface area contributed by atoms with E-state index in [0.29, 0.717) is 35.2 Å². The van der Waals surface area contributed by atoms with E-state index < -0.39 is 6.10 Å². The average Bonchev–Trinajstić information content (AvgIpc) is 2.91. The molecule has 0 amide bonds. The Bertz CT molecular complexity index is 899. The van der Waals surface area contributed by atoms with Crippen LogP contribution in [-0.4, -0.2) is 39.3 Å². The van der Waals surface area contributed by atoms with Crippen LogP contribution in [0.25, 0.3) is 21.8 Å². The van der Waals surface area contributed by atoms with E-state index in [-0.39, 0.29) is 0 Å². The number of β-amino-alcohol motifs (C(OH)–C–C–N with tert-alkyl or cyclic N) is 1. The average molecular weight is 405 g/mol. The highest BCUT2D eigenvalue weighted by atomic mass is 35.5. The Kier molecular flexibility index (Phi) is 5.39. The third-order valence-corrected chi connectivity index (χ3v) is 6.45. The maximum absolute atomic E-state index is 10.9. The van der Waals surface area contributed by atoms with Gasteiger partial charge in [0.1, 0.15) is 0 Å². The minimum absolute atomic E-state index is 0.432. The summed E-state index contributed by atoms with van der Waals surface area (Å²) in [5.41, 5.74) is 2.16. The fourth-order valence-corrected chi connectivity index (χ4v) is 4.94. The van der Waals surface area contributed by atoms with E-state index in [9.17, 15) is 5.11 Å². The number of hydrogen-bond donors (Lipinski definition) is 1. The van der Waals surface area contributed by atoms with E-state index >= 15 is 0 Å². The number of aromatic nitrogens is 1. The minimum Gasteiger partial charge on any atom is -0.390 e. The van der Waals surface area contributed by atoms with Gasteiger partial charge >= 0.3 is 0 Å². The van der Waals surface area contributed by atoms with Crippen molar-refractivity contribution < 1.29 is 5.11 Å². The Hall–Kier alpha value is -1.26. The molecule has 0 aliphatic carbocycles. The molecule has 0 saturated carbocycles. The molecule has 3 aromatic rings. The van der Waals surface area contributed by atoms with Gasteiger partial charge in [0.15, 0.2) is 0 Å². The van der Waals surface area contributed by atoms with E-state index in [4.69, 9.17) is 23.2 Å². The van der Waals surface area contributed by atoms with E-state index in [1.807, 2.05) is 36.4 Å². The molecule has 27 heavy (non-hydrogen) atoms. The van der Waals surface area contributed by atoms with Crippen LogP contribution in [0.1, 0.15) is 33.1 Å². The molecule has 0 unspecified atom stereocenters. The molecule has 1 fully saturated rings. The predicted octanol–water partition coefficient (Wildman–Crippen LogP) is 5.73. The Labute approximate surface area is 170 Å². The largest absolute Gasteiger partial charge is 0.390 e. The molecular formula is C22H26Cl2N2O. The molecular weight excluding hydrogens is 379 g/mol. The van der Waals surface area contributed by atoms with Gasteiger partial charge < -0.3 is 9.67 Å². The molecule has 1 aliphatic heterocycles. The van der Waals surface area contributed by atoms with Crippen molar-refractivity contribution in [1.82, 2.24) is 9.47 Å². The lowest BCUT2D eigenvalue weighted by atomic mass is 9.97. The number of fused-ring (bicyclic) bond motifs is 3. The molecule has 0 spiro atoms. The van der Waals surface area contributed by atoms with Gasteiger partial charge in [0.25, 0.3) is 0 Å². The summed E-state index contributed by atoms with van der Waals surface area (Å²) in [5, 5.41) is 14.5. The fourth-order valence-electron chi connectivity index (χ4n) is 4.59. The first kappa shape index (κ1) is 19.1. The normalized spacial score (nSPS) is 22.6. The predicted molar refractivity (Wildman–Crippen MR) is 115 cm³/mol. The monoisotopic (exact) mass is 404 g/mol. The van der Waals surface area contributed by atoms with E-state index in [1.54, 1.807) is 0 Å². The molecule has 1 aliphatic rings. The second-order valence-corrected chi connectivity index (χ2v) is 8.79. The van der Waals surface area contributed by atoms with Gasteiger partial charge in [-0.2, -0.15) is 0 Å². The number of rotatable bonds is 4. The van der Waals surface area contributed by atoms with E-state index in [2.05, 4.69) is 23.3 Å². The zero-order valence-corrected chi connectivity index (χ0v) is 17.3. The van der Waals surface area contributed by atoms with Gasteiger partial charge in [-0.15, -0.1) is 0 Å². The number of aliphatic hydroxyl groups excluding tert-OH is 1. The fraction of sp³-hybridized carbons (Fsp3) is 0.455. The lowest BCUT2D eigenvalue weighted by Gasteiger charge is -2.40. The molecule has 144 valence electrons. The molecule has 3 atom stereocenters. The zero-order chi connectivity index (χ0) is 19.1. The summed E-state index contributed by atoms with van der Waals surface area (Å²) in [6.45, 7) is 5.80. The van der Waals surface area contributed by atoms with Crippen LogP contribution in [0.5, 0.6) is 0 Å². The van der Waals surface area contributed by atoms with Crippen molar-refractivity contribution >= 4 is 45.0 Å². The van der Waals surface area contributed by atoms with Crippen LogP contribution in [-0.2, 0) is 6.54 Å². The van der Waals surface area contributed by atoms with Crippen molar-refractivity contribution in [2.45, 2.75) is 57.8 Å². The molecule has 1 saturated heterocycles. The Morgan fingerprint density at radius 1 is 0.926 bits per heavy atom. The van der Waals surface area contributed by atoms with Gasteiger partial charge in [-0.3, -0.25) is 4.90 Å². The minimum atomic E-state index is -0.432. The van der Waals surface area contributed by atoms with Crippen LogP contribution < -0.4 is 0 Å². The number of piperidine rings is 1. The third kappa shape index (κ3) is 3.71. The first-order valence-corrected chi connectivity index (χ1v) is 10.5. The van der Waals surface area contributed by atoms with Crippen molar-refractivity contribution in [3.8, 4) is 0 Å². The van der Waals surface area contributed by atoms with Crippen LogP contribution >= 0.6 is 23.2 Å². The number of benzene rings is 2. The Balaban J connectivity index is 1.68. The summed E-state index contributed by atoms with van der Waals surface area (Å²) in [5.74, 6) is 0. The van der Waals surface area contributed by atoms with Crippen LogP contribution in [0.15, 0.2) is 36.4 Å². The molecule has 2 aromatic carbocycles. The van der Waals surface area contributed by atoms with Crippen molar-refractivity contribution in [2.24, 2.45) is 0 Å². The van der Waals surface area contributed by atoms with Gasteiger partial charge in [0.2, 0.25) is 0 Å². The van der Waals surface area contributed by atoms with Crippen LogP contribution in [0.3, 0.4) is 0 Å². The van der Waals surface area contributed by atoms with E-state index in [1.165, 1.54) is 19.3 Å². The maximum atomic E-state index is 10.9. The maximum Gasteiger partial charge on any atom is 0.0846 e. The molecule has 5 heteroatoms. The standard InChI is InChI=1S/C22H26Cl2N2O/c1-14-4-3-5-15(2)25(14)12-18(27)13-26-21-8-6-16(23)10-19(21)20-11-17(24)7-9-22(20)26/h6-11,14-15,18,27H,3-5,12-13H2,1-2H3/t14-,15+,18-/m0/s1. The molecule has 4 rings (SSSR count). The van der Waals surface area contributed by atoms with Gasteiger partial charge in [-0.25, -0.2) is 0 Å². The summed E-state index contributed by atoms with van der Waals surface area (Å²) >= 11 is 12.5. The quantitative estimate of drug-likeness (QED) is 0.601. The lowest BCUT2D eigenvalue weighted by molar-refractivity contribution is 0.0357. The van der Waals surface area contributed by atoms with Crippen molar-refractivity contribution in [2.75, 3.05) is 6.54 Å². The lowest BCUT2D eigenvalue weighted by Crippen LogP contribution is -2.48. The second kappa shape index (κ2) is 7.63. The third-order valence-electron chi connectivity index (χ3n) is 5.98. The summed E-state index contributed by atoms with van der Waals surface area (Å²) in [4.78, 5) is 2.45. The molecule has 1 aromatic heterocycles. The zero-order valence-electron chi connectivity index (χ0n) is 15.8. The molecule has 0 radical (unpaired) electrons. The van der Waals surface area contributed by atoms with Crippen molar-refractivity contribution in [1.29, 1.82) is 0 Å². The van der Waals surface area contributed by atoms with Gasteiger partial charge in [0, 0.05) is 50.5 Å². The Morgan fingerprint density at radius 2 is 1.44 bits per heavy atom. The van der Waals surface area contributed by atoms with Gasteiger partial charge in [-0.1, -0.05) is 29.6 Å². The molecule has 3 nitrogen and oxygen atoms in total. The smallest absolute Gasteiger partial charge is 0.0846 e. The second-order valence-electron chi connectivity index (χ2n) is 7.91. The van der Waals surface area contributed by atoms with Gasteiger partial charge in [0.05, 0.1) is 12.6 Å². The first-order chi connectivity index (χ1) is 12.9. The summed E-state index contributed by atoms with van der Waals surface area (Å²) in [6.07, 6.45) is 3.27. The number of nitrogens with zero attached hydrogens (tertiary/aromatic N) is 2. The SMILES string of the molecule is C[C@@H]1CCC[C@H](C)N1C[C@H](O)Cn1c2ccc(Cl)cc2c2cc(Cl)ccc21. The van der Waals surface area contributed by atoms with Gasteiger partial charge in [-0.05, 0) is 63.1 Å². The van der Waals surface area contributed by atoms with Crippen LogP contribution in [0.2, 0.25) is 10.0 Å². The highest BCUT2D eigenvalue weighted by Gasteiger charge is 2.27. The van der Waals surface area contributed by atoms with Crippen molar-refractivity contribution in [3.05, 3.63) is 46.4 Å². The molecule has 2 heterocycles. The van der Waals surface area contributed by atoms with Crippen molar-refractivity contribution in [3.63, 3.8) is 0 Å². The topological polar surface area (TPSA) is 28.4 Å². The molecule has 0 bridgehead atoms.